The first kappa shape index (κ1) is 22.2. The molecule has 166 valence electrons. The van der Waals surface area contributed by atoms with Gasteiger partial charge in [0.15, 0.2) is 0 Å². The Morgan fingerprint density at radius 3 is 2.09 bits per heavy atom. The number of carbonyl (C=O) groups is 1. The van der Waals surface area contributed by atoms with Crippen LogP contribution >= 0.6 is 0 Å². The smallest absolute Gasteiger partial charge is 0.252 e. The molecule has 32 heavy (non-hydrogen) atoms. The van der Waals surface area contributed by atoms with Crippen molar-refractivity contribution in [1.82, 2.24) is 9.62 Å². The molecule has 0 saturated carbocycles. The average Bonchev–Trinajstić information content (AvgIpc) is 2.84. The third-order valence-corrected chi connectivity index (χ3v) is 7.46. The van der Waals surface area contributed by atoms with E-state index in [0.717, 1.165) is 16.7 Å². The van der Waals surface area contributed by atoms with E-state index in [1.807, 2.05) is 61.5 Å². The Morgan fingerprint density at radius 2 is 1.47 bits per heavy atom. The molecule has 1 heterocycles. The molecule has 1 atom stereocenters. The number of rotatable bonds is 6. The number of hydrogen-bond donors (Lipinski definition) is 1. The van der Waals surface area contributed by atoms with Crippen molar-refractivity contribution in [2.75, 3.05) is 26.3 Å². The van der Waals surface area contributed by atoms with Crippen molar-refractivity contribution in [1.29, 1.82) is 0 Å². The first-order chi connectivity index (χ1) is 15.4. The summed E-state index contributed by atoms with van der Waals surface area (Å²) in [4.78, 5) is 13.2. The molecule has 0 aromatic heterocycles. The molecule has 1 aliphatic heterocycles. The molecule has 1 fully saturated rings. The van der Waals surface area contributed by atoms with Gasteiger partial charge in [0.25, 0.3) is 5.91 Å². The monoisotopic (exact) mass is 450 g/mol. The van der Waals surface area contributed by atoms with Gasteiger partial charge in [-0.15, -0.1) is 0 Å². The lowest BCUT2D eigenvalue weighted by molar-refractivity contribution is 0.0730. The van der Waals surface area contributed by atoms with E-state index in [1.165, 1.54) is 16.4 Å². The number of aryl methyl sites for hydroxylation is 1. The second kappa shape index (κ2) is 9.65. The van der Waals surface area contributed by atoms with Gasteiger partial charge in [0.05, 0.1) is 24.2 Å². The molecule has 0 aliphatic carbocycles. The lowest BCUT2D eigenvalue weighted by Gasteiger charge is -2.26. The van der Waals surface area contributed by atoms with Crippen LogP contribution in [0.1, 0.15) is 33.1 Å². The second-order valence-electron chi connectivity index (χ2n) is 7.77. The molecule has 3 aromatic carbocycles. The van der Waals surface area contributed by atoms with Crippen molar-refractivity contribution in [3.05, 3.63) is 101 Å². The molecule has 7 heteroatoms. The van der Waals surface area contributed by atoms with Crippen LogP contribution in [0.15, 0.2) is 83.8 Å². The van der Waals surface area contributed by atoms with E-state index in [1.54, 1.807) is 12.1 Å². The van der Waals surface area contributed by atoms with Crippen LogP contribution in [0.4, 0.5) is 0 Å². The van der Waals surface area contributed by atoms with E-state index in [2.05, 4.69) is 5.32 Å². The first-order valence-corrected chi connectivity index (χ1v) is 12.0. The molecule has 1 amide bonds. The van der Waals surface area contributed by atoms with Gasteiger partial charge in [-0.25, -0.2) is 8.42 Å². The van der Waals surface area contributed by atoms with Crippen molar-refractivity contribution in [2.24, 2.45) is 0 Å². The van der Waals surface area contributed by atoms with Crippen LogP contribution in [0.5, 0.6) is 0 Å². The van der Waals surface area contributed by atoms with Crippen molar-refractivity contribution in [2.45, 2.75) is 17.9 Å². The number of benzene rings is 3. The highest BCUT2D eigenvalue weighted by Gasteiger charge is 2.26. The number of ether oxygens (including phenoxy) is 1. The maximum absolute atomic E-state index is 13.0. The minimum absolute atomic E-state index is 0.175. The van der Waals surface area contributed by atoms with Gasteiger partial charge in [-0.2, -0.15) is 4.31 Å². The van der Waals surface area contributed by atoms with E-state index in [9.17, 15) is 13.2 Å². The number of nitrogens with one attached hydrogen (secondary N) is 1. The Hall–Kier alpha value is -3.00. The summed E-state index contributed by atoms with van der Waals surface area (Å²) in [6.45, 7) is 3.46. The minimum atomic E-state index is -3.60. The van der Waals surface area contributed by atoms with Crippen molar-refractivity contribution in [3.8, 4) is 0 Å². The Balaban J connectivity index is 1.55. The second-order valence-corrected chi connectivity index (χ2v) is 9.71. The lowest BCUT2D eigenvalue weighted by atomic mass is 9.97. The van der Waals surface area contributed by atoms with Crippen LogP contribution in [0.3, 0.4) is 0 Å². The number of amides is 1. The molecule has 1 saturated heterocycles. The Morgan fingerprint density at radius 1 is 0.875 bits per heavy atom. The summed E-state index contributed by atoms with van der Waals surface area (Å²) in [7, 11) is -3.60. The topological polar surface area (TPSA) is 75.7 Å². The van der Waals surface area contributed by atoms with Gasteiger partial charge in [-0.05, 0) is 42.3 Å². The maximum atomic E-state index is 13.0. The van der Waals surface area contributed by atoms with E-state index >= 15 is 0 Å². The van der Waals surface area contributed by atoms with Crippen LogP contribution in [-0.4, -0.2) is 44.9 Å². The summed E-state index contributed by atoms with van der Waals surface area (Å²) in [6, 6.07) is 23.6. The Kier molecular flexibility index (Phi) is 6.69. The number of hydrogen-bond acceptors (Lipinski definition) is 4. The summed E-state index contributed by atoms with van der Waals surface area (Å²) in [5, 5.41) is 3.09. The molecule has 4 rings (SSSR count). The molecule has 1 N–H and O–H groups in total. The Labute approximate surface area is 188 Å². The van der Waals surface area contributed by atoms with Crippen LogP contribution in [0.25, 0.3) is 0 Å². The van der Waals surface area contributed by atoms with Gasteiger partial charge in [0.1, 0.15) is 0 Å². The third-order valence-electron chi connectivity index (χ3n) is 5.54. The van der Waals surface area contributed by atoms with E-state index in [-0.39, 0.29) is 16.8 Å². The van der Waals surface area contributed by atoms with Crippen LogP contribution in [0, 0.1) is 6.92 Å². The first-order valence-electron chi connectivity index (χ1n) is 10.6. The fourth-order valence-electron chi connectivity index (χ4n) is 3.69. The highest BCUT2D eigenvalue weighted by atomic mass is 32.2. The third kappa shape index (κ3) is 4.91. The number of sulfonamides is 1. The van der Waals surface area contributed by atoms with Crippen LogP contribution in [-0.2, 0) is 14.8 Å². The predicted molar refractivity (Wildman–Crippen MR) is 123 cm³/mol. The molecular weight excluding hydrogens is 424 g/mol. The molecule has 0 bridgehead atoms. The SMILES string of the molecule is Cc1ccc([C@@H](NC(=O)c2ccc(S(=O)(=O)N3CCOCC3)cc2)c2ccccc2)cc1. The lowest BCUT2D eigenvalue weighted by Crippen LogP contribution is -2.40. The van der Waals surface area contributed by atoms with Gasteiger partial charge in [-0.1, -0.05) is 60.2 Å². The summed E-state index contributed by atoms with van der Waals surface area (Å²) in [5.74, 6) is -0.269. The molecule has 6 nitrogen and oxygen atoms in total. The quantitative estimate of drug-likeness (QED) is 0.623. The molecule has 1 aliphatic rings. The fraction of sp³-hybridized carbons (Fsp3) is 0.240. The molecular formula is C25H26N2O4S. The molecule has 3 aromatic rings. The Bertz CT molecular complexity index is 1150. The predicted octanol–water partition coefficient (Wildman–Crippen LogP) is 3.54. The van der Waals surface area contributed by atoms with Gasteiger partial charge >= 0.3 is 0 Å². The molecule has 0 unspecified atom stereocenters. The summed E-state index contributed by atoms with van der Waals surface area (Å²) < 4.78 is 32.3. The zero-order valence-corrected chi connectivity index (χ0v) is 18.7. The summed E-state index contributed by atoms with van der Waals surface area (Å²) >= 11 is 0. The van der Waals surface area contributed by atoms with Crippen molar-refractivity contribution < 1.29 is 17.9 Å². The largest absolute Gasteiger partial charge is 0.379 e. The zero-order chi connectivity index (χ0) is 22.6. The van der Waals surface area contributed by atoms with Crippen molar-refractivity contribution in [3.63, 3.8) is 0 Å². The maximum Gasteiger partial charge on any atom is 0.252 e. The molecule has 0 radical (unpaired) electrons. The molecule has 0 spiro atoms. The highest BCUT2D eigenvalue weighted by Crippen LogP contribution is 2.24. The number of morpholine rings is 1. The zero-order valence-electron chi connectivity index (χ0n) is 17.9. The van der Waals surface area contributed by atoms with Crippen molar-refractivity contribution >= 4 is 15.9 Å². The normalized spacial score (nSPS) is 15.8. The van der Waals surface area contributed by atoms with E-state index in [0.29, 0.717) is 31.9 Å². The average molecular weight is 451 g/mol. The fourth-order valence-corrected chi connectivity index (χ4v) is 5.10. The van der Waals surface area contributed by atoms with E-state index < -0.39 is 10.0 Å². The number of nitrogens with zero attached hydrogens (tertiary/aromatic N) is 1. The van der Waals surface area contributed by atoms with Crippen LogP contribution in [0.2, 0.25) is 0 Å². The highest BCUT2D eigenvalue weighted by molar-refractivity contribution is 7.89. The summed E-state index contributed by atoms with van der Waals surface area (Å²) in [6.07, 6.45) is 0. The van der Waals surface area contributed by atoms with Gasteiger partial charge in [0, 0.05) is 18.7 Å². The van der Waals surface area contributed by atoms with E-state index in [4.69, 9.17) is 4.74 Å². The minimum Gasteiger partial charge on any atom is -0.379 e. The van der Waals surface area contributed by atoms with Gasteiger partial charge < -0.3 is 10.1 Å². The standard InChI is InChI=1S/C25H26N2O4S/c1-19-7-9-21(10-8-19)24(20-5-3-2-4-6-20)26-25(28)22-11-13-23(14-12-22)32(29,30)27-15-17-31-18-16-27/h2-14,24H,15-18H2,1H3,(H,26,28)/t24-/m0/s1. The van der Waals surface area contributed by atoms with Gasteiger partial charge in [0.2, 0.25) is 10.0 Å². The number of carbonyl (C=O) groups excluding carboxylic acids is 1. The van der Waals surface area contributed by atoms with Crippen LogP contribution < -0.4 is 5.32 Å². The summed E-state index contributed by atoms with van der Waals surface area (Å²) in [5.41, 5.74) is 3.49. The van der Waals surface area contributed by atoms with Gasteiger partial charge in [-0.3, -0.25) is 4.79 Å².